The van der Waals surface area contributed by atoms with Gasteiger partial charge in [-0.2, -0.15) is 5.26 Å². The first kappa shape index (κ1) is 9.17. The quantitative estimate of drug-likeness (QED) is 0.774. The van der Waals surface area contributed by atoms with Crippen molar-refractivity contribution in [2.75, 3.05) is 0 Å². The molecule has 3 heteroatoms. The van der Waals surface area contributed by atoms with E-state index in [4.69, 9.17) is 5.26 Å². The highest BCUT2D eigenvalue weighted by Crippen LogP contribution is 2.38. The predicted octanol–water partition coefficient (Wildman–Crippen LogP) is 1.76. The number of nitriles is 1. The summed E-state index contributed by atoms with van der Waals surface area (Å²) in [7, 11) is 0. The van der Waals surface area contributed by atoms with Gasteiger partial charge in [-0.15, -0.1) is 0 Å². The molecule has 0 atom stereocenters. The van der Waals surface area contributed by atoms with E-state index in [-0.39, 0.29) is 5.56 Å². The fourth-order valence-electron chi connectivity index (χ4n) is 1.47. The summed E-state index contributed by atoms with van der Waals surface area (Å²) < 4.78 is 12.9. The molecular formula is C11H10FNO. The molecule has 0 saturated heterocycles. The molecule has 0 amide bonds. The van der Waals surface area contributed by atoms with Crippen LogP contribution < -0.4 is 0 Å². The van der Waals surface area contributed by atoms with E-state index in [9.17, 15) is 9.50 Å². The molecule has 72 valence electrons. The van der Waals surface area contributed by atoms with Crippen molar-refractivity contribution in [3.63, 3.8) is 0 Å². The maximum Gasteiger partial charge on any atom is 0.140 e. The highest BCUT2D eigenvalue weighted by Gasteiger charge is 2.40. The summed E-state index contributed by atoms with van der Waals surface area (Å²) in [5.74, 6) is -0.501. The summed E-state index contributed by atoms with van der Waals surface area (Å²) in [5.41, 5.74) is 0.277. The largest absolute Gasteiger partial charge is 0.390 e. The Kier molecular flexibility index (Phi) is 2.01. The van der Waals surface area contributed by atoms with Crippen LogP contribution >= 0.6 is 0 Å². The third kappa shape index (κ3) is 1.75. The minimum atomic E-state index is -0.593. The third-order valence-corrected chi connectivity index (χ3v) is 2.51. The first-order valence-electron chi connectivity index (χ1n) is 4.54. The van der Waals surface area contributed by atoms with E-state index < -0.39 is 11.4 Å². The van der Waals surface area contributed by atoms with E-state index in [2.05, 4.69) is 0 Å². The molecule has 1 saturated carbocycles. The van der Waals surface area contributed by atoms with Crippen molar-refractivity contribution in [3.05, 3.63) is 35.1 Å². The lowest BCUT2D eigenvalue weighted by Gasteiger charge is -2.07. The molecule has 14 heavy (non-hydrogen) atoms. The SMILES string of the molecule is N#Cc1cc(CC2(O)CC2)ccc1F. The third-order valence-electron chi connectivity index (χ3n) is 2.51. The van der Waals surface area contributed by atoms with E-state index >= 15 is 0 Å². The van der Waals surface area contributed by atoms with E-state index in [1.807, 2.05) is 0 Å². The van der Waals surface area contributed by atoms with E-state index in [1.165, 1.54) is 12.1 Å². The van der Waals surface area contributed by atoms with Crippen molar-refractivity contribution in [2.45, 2.75) is 24.9 Å². The van der Waals surface area contributed by atoms with Crippen molar-refractivity contribution >= 4 is 0 Å². The molecule has 1 aliphatic rings. The van der Waals surface area contributed by atoms with Crippen LogP contribution in [-0.4, -0.2) is 10.7 Å². The molecule has 0 spiro atoms. The van der Waals surface area contributed by atoms with Gasteiger partial charge in [-0.25, -0.2) is 4.39 Å². The van der Waals surface area contributed by atoms with Gasteiger partial charge in [0.1, 0.15) is 11.9 Å². The summed E-state index contributed by atoms with van der Waals surface area (Å²) in [6.07, 6.45) is 2.11. The van der Waals surface area contributed by atoms with Crippen LogP contribution in [0.5, 0.6) is 0 Å². The minimum absolute atomic E-state index is 0.0479. The topological polar surface area (TPSA) is 44.0 Å². The number of hydrogen-bond acceptors (Lipinski definition) is 2. The Morgan fingerprint density at radius 2 is 2.21 bits per heavy atom. The summed E-state index contributed by atoms with van der Waals surface area (Å²) in [6, 6.07) is 6.19. The fourth-order valence-corrected chi connectivity index (χ4v) is 1.47. The van der Waals surface area contributed by atoms with Crippen molar-refractivity contribution in [2.24, 2.45) is 0 Å². The Morgan fingerprint density at radius 3 is 2.79 bits per heavy atom. The first-order chi connectivity index (χ1) is 6.63. The Labute approximate surface area is 81.6 Å². The molecule has 0 heterocycles. The van der Waals surface area contributed by atoms with Crippen LogP contribution in [0.25, 0.3) is 0 Å². The second kappa shape index (κ2) is 3.07. The Balaban J connectivity index is 2.23. The van der Waals surface area contributed by atoms with E-state index in [0.29, 0.717) is 6.42 Å². The normalized spacial score (nSPS) is 17.5. The van der Waals surface area contributed by atoms with Gasteiger partial charge in [0.25, 0.3) is 0 Å². The Hall–Kier alpha value is -1.40. The zero-order chi connectivity index (χ0) is 10.2. The number of aliphatic hydroxyl groups is 1. The lowest BCUT2D eigenvalue weighted by Crippen LogP contribution is -2.10. The van der Waals surface area contributed by atoms with Crippen molar-refractivity contribution in [1.82, 2.24) is 0 Å². The molecule has 2 rings (SSSR count). The zero-order valence-electron chi connectivity index (χ0n) is 7.63. The molecule has 1 fully saturated rings. The monoisotopic (exact) mass is 191 g/mol. The molecule has 1 aromatic carbocycles. The molecule has 0 aromatic heterocycles. The summed E-state index contributed by atoms with van der Waals surface area (Å²) >= 11 is 0. The Morgan fingerprint density at radius 1 is 1.50 bits per heavy atom. The standard InChI is InChI=1S/C11H10FNO/c12-10-2-1-8(5-9(10)7-13)6-11(14)3-4-11/h1-2,5,14H,3-4,6H2. The predicted molar refractivity (Wildman–Crippen MR) is 49.0 cm³/mol. The van der Waals surface area contributed by atoms with Gasteiger partial charge in [-0.3, -0.25) is 0 Å². The summed E-state index contributed by atoms with van der Waals surface area (Å²) in [4.78, 5) is 0. The van der Waals surface area contributed by atoms with Gasteiger partial charge in [0.15, 0.2) is 0 Å². The van der Waals surface area contributed by atoms with Crippen molar-refractivity contribution in [3.8, 4) is 6.07 Å². The number of benzene rings is 1. The maximum absolute atomic E-state index is 12.9. The van der Waals surface area contributed by atoms with Crippen LogP contribution in [0.3, 0.4) is 0 Å². The lowest BCUT2D eigenvalue weighted by molar-refractivity contribution is 0.151. The van der Waals surface area contributed by atoms with Crippen LogP contribution in [0.1, 0.15) is 24.0 Å². The Bertz CT molecular complexity index is 404. The van der Waals surface area contributed by atoms with Gasteiger partial charge in [0, 0.05) is 6.42 Å². The molecular weight excluding hydrogens is 181 g/mol. The van der Waals surface area contributed by atoms with Crippen LogP contribution in [0.4, 0.5) is 4.39 Å². The number of rotatable bonds is 2. The highest BCUT2D eigenvalue weighted by molar-refractivity contribution is 5.35. The van der Waals surface area contributed by atoms with Crippen LogP contribution in [0, 0.1) is 17.1 Å². The number of nitrogens with zero attached hydrogens (tertiary/aromatic N) is 1. The molecule has 1 aromatic rings. The zero-order valence-corrected chi connectivity index (χ0v) is 7.63. The summed E-state index contributed by atoms with van der Waals surface area (Å²) in [5, 5.41) is 18.2. The number of halogens is 1. The first-order valence-corrected chi connectivity index (χ1v) is 4.54. The smallest absolute Gasteiger partial charge is 0.140 e. The summed E-state index contributed by atoms with van der Waals surface area (Å²) in [6.45, 7) is 0. The second-order valence-corrected chi connectivity index (χ2v) is 3.83. The molecule has 1 aliphatic carbocycles. The molecule has 0 unspecified atom stereocenters. The average Bonchev–Trinajstić information content (AvgIpc) is 2.87. The second-order valence-electron chi connectivity index (χ2n) is 3.83. The molecule has 0 radical (unpaired) electrons. The maximum atomic E-state index is 12.9. The lowest BCUT2D eigenvalue weighted by atomic mass is 10.0. The van der Waals surface area contributed by atoms with Gasteiger partial charge < -0.3 is 5.11 Å². The van der Waals surface area contributed by atoms with Crippen molar-refractivity contribution < 1.29 is 9.50 Å². The highest BCUT2D eigenvalue weighted by atomic mass is 19.1. The van der Waals surface area contributed by atoms with Crippen molar-refractivity contribution in [1.29, 1.82) is 5.26 Å². The van der Waals surface area contributed by atoms with Gasteiger partial charge >= 0.3 is 0 Å². The van der Waals surface area contributed by atoms with Gasteiger partial charge in [0.2, 0.25) is 0 Å². The van der Waals surface area contributed by atoms with Crippen LogP contribution in [0.2, 0.25) is 0 Å². The van der Waals surface area contributed by atoms with Crippen LogP contribution in [-0.2, 0) is 6.42 Å². The molecule has 2 nitrogen and oxygen atoms in total. The van der Waals surface area contributed by atoms with Gasteiger partial charge in [-0.05, 0) is 30.5 Å². The number of hydrogen-bond donors (Lipinski definition) is 1. The fraction of sp³-hybridized carbons (Fsp3) is 0.364. The van der Waals surface area contributed by atoms with E-state index in [0.717, 1.165) is 18.4 Å². The van der Waals surface area contributed by atoms with Gasteiger partial charge in [0.05, 0.1) is 11.2 Å². The minimum Gasteiger partial charge on any atom is -0.390 e. The van der Waals surface area contributed by atoms with Gasteiger partial charge in [-0.1, -0.05) is 6.07 Å². The molecule has 1 N–H and O–H groups in total. The molecule has 0 aliphatic heterocycles. The molecule has 0 bridgehead atoms. The van der Waals surface area contributed by atoms with E-state index in [1.54, 1.807) is 12.1 Å². The average molecular weight is 191 g/mol. The van der Waals surface area contributed by atoms with Crippen LogP contribution in [0.15, 0.2) is 18.2 Å².